The zero-order chi connectivity index (χ0) is 17.5. The molecule has 0 aromatic heterocycles. The number of methoxy groups -OCH3 is 1. The molecule has 0 spiro atoms. The summed E-state index contributed by atoms with van der Waals surface area (Å²) in [5.74, 6) is -0.810. The Hall–Kier alpha value is -3.09. The number of esters is 1. The molecule has 0 unspecified atom stereocenters. The van der Waals surface area contributed by atoms with Crippen LogP contribution < -0.4 is 10.1 Å². The molecule has 0 heterocycles. The third kappa shape index (κ3) is 4.01. The van der Waals surface area contributed by atoms with Gasteiger partial charge in [0, 0.05) is 5.39 Å². The summed E-state index contributed by atoms with van der Waals surface area (Å²) in [4.78, 5) is 34.8. The minimum absolute atomic E-state index is 0.136. The molecule has 7 heteroatoms. The first-order chi connectivity index (χ1) is 11.6. The molecular weight excluding hydrogens is 314 g/mol. The molecule has 0 fully saturated rings. The van der Waals surface area contributed by atoms with Crippen LogP contribution >= 0.6 is 0 Å². The second kappa shape index (κ2) is 7.96. The van der Waals surface area contributed by atoms with E-state index in [1.54, 1.807) is 38.3 Å². The highest BCUT2D eigenvalue weighted by Gasteiger charge is 2.16. The summed E-state index contributed by atoms with van der Waals surface area (Å²) in [6.45, 7) is 1.16. The summed E-state index contributed by atoms with van der Waals surface area (Å²) in [5.41, 5.74) is 0.301. The molecule has 0 bridgehead atoms. The molecule has 1 N–H and O–H groups in total. The van der Waals surface area contributed by atoms with E-state index in [-0.39, 0.29) is 6.61 Å². The third-order valence-electron chi connectivity index (χ3n) is 3.18. The van der Waals surface area contributed by atoms with E-state index in [1.165, 1.54) is 0 Å². The van der Waals surface area contributed by atoms with E-state index in [0.29, 0.717) is 16.7 Å². The fourth-order valence-electron chi connectivity index (χ4n) is 2.15. The van der Waals surface area contributed by atoms with Crippen LogP contribution in [0.15, 0.2) is 36.4 Å². The zero-order valence-electron chi connectivity index (χ0n) is 13.3. The van der Waals surface area contributed by atoms with Gasteiger partial charge in [-0.15, -0.1) is 0 Å². The molecule has 2 aromatic rings. The number of benzene rings is 2. The highest BCUT2D eigenvalue weighted by atomic mass is 16.6. The summed E-state index contributed by atoms with van der Waals surface area (Å²) in [6, 6.07) is 10.4. The molecule has 0 aliphatic heterocycles. The Balaban J connectivity index is 2.09. The highest BCUT2D eigenvalue weighted by molar-refractivity contribution is 6.07. The summed E-state index contributed by atoms with van der Waals surface area (Å²) in [5, 5.41) is 3.35. The molecule has 0 aliphatic rings. The van der Waals surface area contributed by atoms with Crippen LogP contribution in [-0.2, 0) is 14.3 Å². The number of hydrogen-bond donors (Lipinski definition) is 1. The average molecular weight is 331 g/mol. The Morgan fingerprint density at radius 3 is 2.38 bits per heavy atom. The Morgan fingerprint density at radius 2 is 1.71 bits per heavy atom. The number of carbonyl (C=O) groups is 3. The average Bonchev–Trinajstić information content (AvgIpc) is 2.58. The van der Waals surface area contributed by atoms with Crippen molar-refractivity contribution < 1.29 is 28.6 Å². The molecule has 24 heavy (non-hydrogen) atoms. The zero-order valence-corrected chi connectivity index (χ0v) is 13.3. The van der Waals surface area contributed by atoms with Crippen LogP contribution in [0.4, 0.5) is 4.79 Å². The summed E-state index contributed by atoms with van der Waals surface area (Å²) >= 11 is 0. The highest BCUT2D eigenvalue weighted by Crippen LogP contribution is 2.28. The summed E-state index contributed by atoms with van der Waals surface area (Å²) < 4.78 is 14.8. The number of imide groups is 1. The first kappa shape index (κ1) is 17.3. The van der Waals surface area contributed by atoms with Crippen LogP contribution in [0.1, 0.15) is 17.3 Å². The number of nitrogens with one attached hydrogen (secondary N) is 1. The maximum atomic E-state index is 12.2. The van der Waals surface area contributed by atoms with E-state index in [9.17, 15) is 14.4 Å². The van der Waals surface area contributed by atoms with Gasteiger partial charge >= 0.3 is 12.1 Å². The Bertz CT molecular complexity index is 771. The third-order valence-corrected chi connectivity index (χ3v) is 3.18. The molecule has 0 radical (unpaired) electrons. The first-order valence-corrected chi connectivity index (χ1v) is 7.26. The van der Waals surface area contributed by atoms with Crippen LogP contribution in [0, 0.1) is 0 Å². The lowest BCUT2D eigenvalue weighted by atomic mass is 10.0. The van der Waals surface area contributed by atoms with Crippen molar-refractivity contribution in [1.82, 2.24) is 5.32 Å². The van der Waals surface area contributed by atoms with Crippen molar-refractivity contribution in [3.63, 3.8) is 0 Å². The SMILES string of the molecule is CCOC(=O)NC(=O)COC(=O)c1ccc(OC)c2ccccc12. The number of hydrogen-bond acceptors (Lipinski definition) is 6. The first-order valence-electron chi connectivity index (χ1n) is 7.26. The molecule has 0 saturated heterocycles. The molecular formula is C17H17NO6. The molecule has 7 nitrogen and oxygen atoms in total. The van der Waals surface area contributed by atoms with Crippen molar-refractivity contribution in [3.05, 3.63) is 42.0 Å². The minimum Gasteiger partial charge on any atom is -0.496 e. The number of rotatable bonds is 5. The number of fused-ring (bicyclic) bond motifs is 1. The van der Waals surface area contributed by atoms with Gasteiger partial charge in [0.2, 0.25) is 0 Å². The largest absolute Gasteiger partial charge is 0.496 e. The van der Waals surface area contributed by atoms with Crippen molar-refractivity contribution in [3.8, 4) is 5.75 Å². The van der Waals surface area contributed by atoms with Crippen molar-refractivity contribution in [2.75, 3.05) is 20.3 Å². The molecule has 0 atom stereocenters. The summed E-state index contributed by atoms with van der Waals surface area (Å²) in [7, 11) is 1.54. The maximum Gasteiger partial charge on any atom is 0.413 e. The monoisotopic (exact) mass is 331 g/mol. The lowest BCUT2D eigenvalue weighted by Gasteiger charge is -2.10. The fourth-order valence-corrected chi connectivity index (χ4v) is 2.15. The van der Waals surface area contributed by atoms with Gasteiger partial charge in [0.1, 0.15) is 5.75 Å². The number of alkyl carbamates (subject to hydrolysis) is 1. The van der Waals surface area contributed by atoms with Gasteiger partial charge in [0.05, 0.1) is 19.3 Å². The van der Waals surface area contributed by atoms with E-state index >= 15 is 0 Å². The second-order valence-corrected chi connectivity index (χ2v) is 4.71. The smallest absolute Gasteiger partial charge is 0.413 e. The van der Waals surface area contributed by atoms with Gasteiger partial charge in [-0.05, 0) is 24.4 Å². The quantitative estimate of drug-likeness (QED) is 0.845. The molecule has 2 aromatic carbocycles. The van der Waals surface area contributed by atoms with Gasteiger partial charge < -0.3 is 14.2 Å². The normalized spacial score (nSPS) is 10.1. The molecule has 126 valence electrons. The molecule has 2 amide bonds. The number of ether oxygens (including phenoxy) is 3. The second-order valence-electron chi connectivity index (χ2n) is 4.71. The Kier molecular flexibility index (Phi) is 5.73. The van der Waals surface area contributed by atoms with Crippen molar-refractivity contribution in [2.24, 2.45) is 0 Å². The van der Waals surface area contributed by atoms with Crippen LogP contribution in [-0.4, -0.2) is 38.3 Å². The van der Waals surface area contributed by atoms with Crippen LogP contribution in [0.2, 0.25) is 0 Å². The van der Waals surface area contributed by atoms with Gasteiger partial charge in [-0.2, -0.15) is 0 Å². The maximum absolute atomic E-state index is 12.2. The number of amides is 2. The summed E-state index contributed by atoms with van der Waals surface area (Å²) in [6.07, 6.45) is -0.881. The van der Waals surface area contributed by atoms with E-state index in [0.717, 1.165) is 5.39 Å². The van der Waals surface area contributed by atoms with Crippen LogP contribution in [0.25, 0.3) is 10.8 Å². The Morgan fingerprint density at radius 1 is 1.00 bits per heavy atom. The molecule has 2 rings (SSSR count). The van der Waals surface area contributed by atoms with Gasteiger partial charge in [0.25, 0.3) is 5.91 Å². The molecule has 0 aliphatic carbocycles. The van der Waals surface area contributed by atoms with Gasteiger partial charge in [-0.1, -0.05) is 24.3 Å². The van der Waals surface area contributed by atoms with Crippen molar-refractivity contribution >= 4 is 28.7 Å². The van der Waals surface area contributed by atoms with Gasteiger partial charge in [0.15, 0.2) is 6.61 Å². The lowest BCUT2D eigenvalue weighted by molar-refractivity contribution is -0.123. The predicted octanol–water partition coefficient (Wildman–Crippen LogP) is 2.28. The minimum atomic E-state index is -0.881. The van der Waals surface area contributed by atoms with Gasteiger partial charge in [-0.3, -0.25) is 10.1 Å². The van der Waals surface area contributed by atoms with E-state index < -0.39 is 24.6 Å². The number of carbonyl (C=O) groups excluding carboxylic acids is 3. The Labute approximate surface area is 138 Å². The van der Waals surface area contributed by atoms with Crippen molar-refractivity contribution in [1.29, 1.82) is 0 Å². The van der Waals surface area contributed by atoms with Crippen LogP contribution in [0.3, 0.4) is 0 Å². The van der Waals surface area contributed by atoms with E-state index in [4.69, 9.17) is 9.47 Å². The standard InChI is InChI=1S/C17H17NO6/c1-3-23-17(21)18-15(19)10-24-16(20)13-8-9-14(22-2)12-7-5-4-6-11(12)13/h4-9H,3,10H2,1-2H3,(H,18,19,21). The predicted molar refractivity (Wildman–Crippen MR) is 85.9 cm³/mol. The van der Waals surface area contributed by atoms with Crippen molar-refractivity contribution in [2.45, 2.75) is 6.92 Å². The van der Waals surface area contributed by atoms with E-state index in [2.05, 4.69) is 4.74 Å². The topological polar surface area (TPSA) is 90.9 Å². The van der Waals surface area contributed by atoms with E-state index in [1.807, 2.05) is 17.4 Å². The molecule has 0 saturated carbocycles. The van der Waals surface area contributed by atoms with Crippen LogP contribution in [0.5, 0.6) is 5.75 Å². The fraction of sp³-hybridized carbons (Fsp3) is 0.235. The lowest BCUT2D eigenvalue weighted by Crippen LogP contribution is -2.34. The van der Waals surface area contributed by atoms with Gasteiger partial charge in [-0.25, -0.2) is 9.59 Å².